The van der Waals surface area contributed by atoms with Crippen LogP contribution in [0.2, 0.25) is 0 Å². The number of nitrogens with zero attached hydrogens (tertiary/aromatic N) is 3. The molecule has 4 rings (SSSR count). The monoisotopic (exact) mass is 482 g/mol. The number of rotatable bonds is 5. The van der Waals surface area contributed by atoms with Crippen LogP contribution in [0.1, 0.15) is 35.9 Å². The van der Waals surface area contributed by atoms with Crippen molar-refractivity contribution in [2.75, 3.05) is 5.32 Å². The van der Waals surface area contributed by atoms with E-state index in [9.17, 15) is 31.5 Å². The first-order chi connectivity index (χ1) is 16.1. The van der Waals surface area contributed by atoms with Crippen molar-refractivity contribution < 1.29 is 31.5 Å². The van der Waals surface area contributed by atoms with Gasteiger partial charge in [-0.15, -0.1) is 5.10 Å². The van der Waals surface area contributed by atoms with Crippen LogP contribution in [-0.4, -0.2) is 32.5 Å². The Morgan fingerprint density at radius 3 is 2.50 bits per heavy atom. The predicted molar refractivity (Wildman–Crippen MR) is 111 cm³/mol. The Balaban J connectivity index is 1.75. The zero-order valence-electron chi connectivity index (χ0n) is 17.8. The molecule has 0 saturated heterocycles. The van der Waals surface area contributed by atoms with Gasteiger partial charge in [-0.05, 0) is 44.0 Å². The summed E-state index contributed by atoms with van der Waals surface area (Å²) in [5.74, 6) is -3.22. The molecular weight excluding hydrogens is 463 g/mol. The summed E-state index contributed by atoms with van der Waals surface area (Å²) in [6.07, 6.45) is -4.86. The first-order valence-electron chi connectivity index (χ1n) is 10.4. The number of ether oxygens (including phenoxy) is 1. The molecule has 1 aliphatic rings. The van der Waals surface area contributed by atoms with Crippen LogP contribution in [0.3, 0.4) is 0 Å². The zero-order valence-corrected chi connectivity index (χ0v) is 17.8. The molecule has 180 valence electrons. The highest BCUT2D eigenvalue weighted by Gasteiger charge is 2.39. The van der Waals surface area contributed by atoms with Crippen LogP contribution in [0.4, 0.5) is 27.6 Å². The van der Waals surface area contributed by atoms with Crippen LogP contribution >= 0.6 is 0 Å². The number of carbonyl (C=O) groups is 1. The Morgan fingerprint density at radius 1 is 1.15 bits per heavy atom. The van der Waals surface area contributed by atoms with E-state index in [0.29, 0.717) is 18.8 Å². The molecule has 1 aliphatic heterocycles. The van der Waals surface area contributed by atoms with Gasteiger partial charge in [0.25, 0.3) is 5.91 Å². The lowest BCUT2D eigenvalue weighted by molar-refractivity contribution is -0.189. The third-order valence-corrected chi connectivity index (χ3v) is 5.39. The normalized spacial score (nSPS) is 14.4. The summed E-state index contributed by atoms with van der Waals surface area (Å²) in [5.41, 5.74) is -1.58. The van der Waals surface area contributed by atoms with Gasteiger partial charge in [0.15, 0.2) is 6.10 Å². The molecule has 12 heteroatoms. The first-order valence-corrected chi connectivity index (χ1v) is 10.4. The van der Waals surface area contributed by atoms with Gasteiger partial charge < -0.3 is 10.1 Å². The fourth-order valence-corrected chi connectivity index (χ4v) is 3.55. The van der Waals surface area contributed by atoms with Gasteiger partial charge in [-0.25, -0.2) is 13.6 Å². The maximum absolute atomic E-state index is 14.0. The van der Waals surface area contributed by atoms with Crippen molar-refractivity contribution in [3.8, 4) is 11.4 Å². The van der Waals surface area contributed by atoms with Gasteiger partial charge in [0.1, 0.15) is 28.9 Å². The molecule has 3 aromatic rings. The van der Waals surface area contributed by atoms with E-state index in [2.05, 4.69) is 5.10 Å². The Hall–Kier alpha value is -3.70. The molecule has 2 aromatic carbocycles. The number of anilines is 1. The van der Waals surface area contributed by atoms with E-state index >= 15 is 0 Å². The summed E-state index contributed by atoms with van der Waals surface area (Å²) in [6.45, 7) is 1.21. The van der Waals surface area contributed by atoms with E-state index in [1.165, 1.54) is 10.6 Å². The highest BCUT2D eigenvalue weighted by Crippen LogP contribution is 2.30. The number of alkyl halides is 3. The summed E-state index contributed by atoms with van der Waals surface area (Å²) in [5, 5.41) is 6.26. The average Bonchev–Trinajstić information content (AvgIpc) is 3.12. The van der Waals surface area contributed by atoms with Crippen molar-refractivity contribution in [2.24, 2.45) is 0 Å². The minimum atomic E-state index is -4.76. The second-order valence-corrected chi connectivity index (χ2v) is 7.75. The number of carbonyl (C=O) groups excluding carboxylic acids is 1. The maximum Gasteiger partial charge on any atom is 0.425 e. The molecule has 1 aromatic heterocycles. The van der Waals surface area contributed by atoms with Crippen LogP contribution < -0.4 is 15.7 Å². The molecule has 0 fully saturated rings. The molecule has 1 N–H and O–H groups in total. The maximum atomic E-state index is 14.0. The summed E-state index contributed by atoms with van der Waals surface area (Å²) >= 11 is 0. The molecule has 1 atom stereocenters. The zero-order chi connectivity index (χ0) is 24.6. The topological polar surface area (TPSA) is 78.2 Å². The number of halogens is 5. The SMILES string of the molecule is C[C@H](Oc1cc(-n2nc3n(c2=O)CCCC3)ccc1C(=O)Nc1c(F)cccc1F)C(F)(F)F. The van der Waals surface area contributed by atoms with E-state index in [4.69, 9.17) is 4.74 Å². The second kappa shape index (κ2) is 8.92. The lowest BCUT2D eigenvalue weighted by atomic mass is 10.1. The Morgan fingerprint density at radius 2 is 1.85 bits per heavy atom. The second-order valence-electron chi connectivity index (χ2n) is 7.75. The largest absolute Gasteiger partial charge is 0.480 e. The smallest absolute Gasteiger partial charge is 0.425 e. The quantitative estimate of drug-likeness (QED) is 0.553. The number of aromatic nitrogens is 3. The number of para-hydroxylation sites is 1. The number of aryl methyl sites for hydroxylation is 1. The highest BCUT2D eigenvalue weighted by molar-refractivity contribution is 6.06. The van der Waals surface area contributed by atoms with E-state index in [0.717, 1.165) is 54.8 Å². The summed E-state index contributed by atoms with van der Waals surface area (Å²) < 4.78 is 74.9. The van der Waals surface area contributed by atoms with Gasteiger partial charge in [-0.3, -0.25) is 9.36 Å². The average molecular weight is 482 g/mol. The van der Waals surface area contributed by atoms with Crippen LogP contribution in [-0.2, 0) is 13.0 Å². The lowest BCUT2D eigenvalue weighted by Gasteiger charge is -2.20. The molecule has 0 radical (unpaired) electrons. The Labute approximate surface area is 189 Å². The van der Waals surface area contributed by atoms with Gasteiger partial charge in [0.2, 0.25) is 0 Å². The van der Waals surface area contributed by atoms with Gasteiger partial charge >= 0.3 is 11.9 Å². The van der Waals surface area contributed by atoms with E-state index in [1.807, 2.05) is 5.32 Å². The fraction of sp³-hybridized carbons (Fsp3) is 0.318. The number of hydrogen-bond donors (Lipinski definition) is 1. The standard InChI is InChI=1S/C22H19F5N4O3/c1-12(22(25,26)27)34-17-11-13(31-21(33)30-10-3-2-7-18(30)29-31)8-9-14(17)20(32)28-19-15(23)5-4-6-16(19)24/h4-6,8-9,11-12H,2-3,7,10H2,1H3,(H,28,32)/t12-/m0/s1. The number of hydrogen-bond acceptors (Lipinski definition) is 4. The highest BCUT2D eigenvalue weighted by atomic mass is 19.4. The van der Waals surface area contributed by atoms with Gasteiger partial charge in [-0.1, -0.05) is 6.07 Å². The van der Waals surface area contributed by atoms with Crippen molar-refractivity contribution >= 4 is 11.6 Å². The molecule has 34 heavy (non-hydrogen) atoms. The number of fused-ring (bicyclic) bond motifs is 1. The van der Waals surface area contributed by atoms with Crippen LogP contribution in [0.15, 0.2) is 41.2 Å². The van der Waals surface area contributed by atoms with Gasteiger partial charge in [0, 0.05) is 19.0 Å². The lowest BCUT2D eigenvalue weighted by Crippen LogP contribution is -2.32. The summed E-state index contributed by atoms with van der Waals surface area (Å²) in [6, 6.07) is 6.38. The van der Waals surface area contributed by atoms with Crippen LogP contribution in [0.5, 0.6) is 5.75 Å². The number of benzene rings is 2. The molecule has 7 nitrogen and oxygen atoms in total. The predicted octanol–water partition coefficient (Wildman–Crippen LogP) is 4.23. The van der Waals surface area contributed by atoms with E-state index in [-0.39, 0.29) is 5.69 Å². The van der Waals surface area contributed by atoms with Crippen LogP contribution in [0, 0.1) is 11.6 Å². The van der Waals surface area contributed by atoms with E-state index in [1.54, 1.807) is 0 Å². The minimum Gasteiger partial charge on any atom is -0.480 e. The van der Waals surface area contributed by atoms with E-state index < -0.39 is 52.5 Å². The van der Waals surface area contributed by atoms with Gasteiger partial charge in [-0.2, -0.15) is 17.9 Å². The van der Waals surface area contributed by atoms with Crippen molar-refractivity contribution in [3.05, 3.63) is 69.9 Å². The Kier molecular flexibility index (Phi) is 6.15. The van der Waals surface area contributed by atoms with Crippen molar-refractivity contribution in [1.29, 1.82) is 0 Å². The fourth-order valence-electron chi connectivity index (χ4n) is 3.55. The number of amides is 1. The number of nitrogens with one attached hydrogen (secondary N) is 1. The molecule has 0 spiro atoms. The van der Waals surface area contributed by atoms with Crippen molar-refractivity contribution in [1.82, 2.24) is 14.3 Å². The molecule has 0 aliphatic carbocycles. The molecule has 0 saturated carbocycles. The van der Waals surface area contributed by atoms with Crippen LogP contribution in [0.25, 0.3) is 5.69 Å². The first kappa shape index (κ1) is 23.5. The summed E-state index contributed by atoms with van der Waals surface area (Å²) in [4.78, 5) is 25.5. The molecule has 1 amide bonds. The summed E-state index contributed by atoms with van der Waals surface area (Å²) in [7, 11) is 0. The molecule has 2 heterocycles. The third kappa shape index (κ3) is 4.52. The molecule has 0 bridgehead atoms. The third-order valence-electron chi connectivity index (χ3n) is 5.39. The minimum absolute atomic E-state index is 0.0740. The van der Waals surface area contributed by atoms with Crippen molar-refractivity contribution in [2.45, 2.75) is 45.0 Å². The molecule has 0 unspecified atom stereocenters. The molecular formula is C22H19F5N4O3. The van der Waals surface area contributed by atoms with Gasteiger partial charge in [0.05, 0.1) is 11.3 Å². The van der Waals surface area contributed by atoms with Crippen molar-refractivity contribution in [3.63, 3.8) is 0 Å². The Bertz CT molecular complexity index is 1280.